The number of rotatable bonds is 3. The minimum absolute atomic E-state index is 0.181. The molecule has 1 heterocycles. The first-order valence-corrected chi connectivity index (χ1v) is 6.97. The van der Waals surface area contributed by atoms with E-state index in [9.17, 15) is 0 Å². The number of hydrogen-bond acceptors (Lipinski definition) is 3. The molecule has 19 heavy (non-hydrogen) atoms. The number of benzene rings is 1. The monoisotopic (exact) mass is 276 g/mol. The van der Waals surface area contributed by atoms with Crippen molar-refractivity contribution in [3.8, 4) is 0 Å². The summed E-state index contributed by atoms with van der Waals surface area (Å²) in [5.41, 5.74) is 11.7. The molecule has 5 heteroatoms. The average molecular weight is 276 g/mol. The highest BCUT2D eigenvalue weighted by atomic mass is 32.1. The summed E-state index contributed by atoms with van der Waals surface area (Å²) in [6.07, 6.45) is 4.08. The van der Waals surface area contributed by atoms with Crippen molar-refractivity contribution < 1.29 is 0 Å². The number of thiocarbonyl (C=S) groups is 1. The van der Waals surface area contributed by atoms with Gasteiger partial charge in [-0.05, 0) is 62.2 Å². The van der Waals surface area contributed by atoms with Gasteiger partial charge in [0.15, 0.2) is 5.11 Å². The lowest BCUT2D eigenvalue weighted by Gasteiger charge is -2.34. The lowest BCUT2D eigenvalue weighted by atomic mass is 9.98. The highest BCUT2D eigenvalue weighted by Gasteiger charge is 2.18. The Morgan fingerprint density at radius 1 is 1.53 bits per heavy atom. The number of fused-ring (bicyclic) bond motifs is 1. The zero-order valence-electron chi connectivity index (χ0n) is 11.4. The molecule has 0 fully saturated rings. The molecular formula is C14H20N4S. The van der Waals surface area contributed by atoms with Gasteiger partial charge in [0.05, 0.1) is 6.21 Å². The van der Waals surface area contributed by atoms with Gasteiger partial charge in [0.25, 0.3) is 0 Å². The first kappa shape index (κ1) is 13.8. The van der Waals surface area contributed by atoms with Gasteiger partial charge in [-0.2, -0.15) is 5.10 Å². The second kappa shape index (κ2) is 6.02. The smallest absolute Gasteiger partial charge is 0.184 e. The molecule has 4 nitrogen and oxygen atoms in total. The Morgan fingerprint density at radius 3 is 3.00 bits per heavy atom. The van der Waals surface area contributed by atoms with E-state index in [1.165, 1.54) is 17.7 Å². The molecule has 0 radical (unpaired) electrons. The molecule has 0 amide bonds. The molecule has 0 atom stereocenters. The van der Waals surface area contributed by atoms with Gasteiger partial charge in [-0.15, -0.1) is 0 Å². The van der Waals surface area contributed by atoms with Crippen LogP contribution >= 0.6 is 12.2 Å². The molecule has 1 aliphatic heterocycles. The maximum Gasteiger partial charge on any atom is 0.184 e. The molecule has 0 saturated carbocycles. The zero-order valence-corrected chi connectivity index (χ0v) is 12.2. The normalized spacial score (nSPS) is 14.8. The fourth-order valence-corrected chi connectivity index (χ4v) is 2.49. The molecule has 0 bridgehead atoms. The summed E-state index contributed by atoms with van der Waals surface area (Å²) in [6.45, 7) is 5.61. The van der Waals surface area contributed by atoms with Crippen LogP contribution in [-0.4, -0.2) is 23.9 Å². The van der Waals surface area contributed by atoms with Crippen molar-refractivity contribution in [2.24, 2.45) is 10.8 Å². The third-order valence-electron chi connectivity index (χ3n) is 3.27. The molecule has 0 aromatic heterocycles. The molecule has 3 N–H and O–H groups in total. The predicted molar refractivity (Wildman–Crippen MR) is 84.8 cm³/mol. The average Bonchev–Trinajstić information content (AvgIpc) is 2.37. The van der Waals surface area contributed by atoms with Gasteiger partial charge in [0, 0.05) is 18.3 Å². The molecule has 2 rings (SSSR count). The Labute approximate surface area is 119 Å². The minimum Gasteiger partial charge on any atom is -0.375 e. The van der Waals surface area contributed by atoms with Crippen molar-refractivity contribution >= 4 is 29.2 Å². The van der Waals surface area contributed by atoms with Crippen molar-refractivity contribution in [2.75, 3.05) is 11.4 Å². The Morgan fingerprint density at radius 2 is 2.32 bits per heavy atom. The summed E-state index contributed by atoms with van der Waals surface area (Å²) in [7, 11) is 0. The Kier molecular flexibility index (Phi) is 4.37. The minimum atomic E-state index is 0.181. The van der Waals surface area contributed by atoms with Crippen LogP contribution in [0.5, 0.6) is 0 Å². The maximum absolute atomic E-state index is 5.32. The fraction of sp³-hybridized carbons (Fsp3) is 0.429. The van der Waals surface area contributed by atoms with E-state index in [0.29, 0.717) is 6.04 Å². The van der Waals surface area contributed by atoms with E-state index < -0.39 is 0 Å². The van der Waals surface area contributed by atoms with Crippen LogP contribution in [0.2, 0.25) is 0 Å². The number of aryl methyl sites for hydroxylation is 1. The SMILES string of the molecule is CC(C)N1CCCc2cc(C=NNC(N)=S)ccc21. The third-order valence-corrected chi connectivity index (χ3v) is 3.36. The summed E-state index contributed by atoms with van der Waals surface area (Å²) in [5.74, 6) is 0. The molecule has 1 aromatic rings. The van der Waals surface area contributed by atoms with Gasteiger partial charge in [-0.3, -0.25) is 5.43 Å². The van der Waals surface area contributed by atoms with Crippen molar-refractivity contribution in [3.63, 3.8) is 0 Å². The topological polar surface area (TPSA) is 53.6 Å². The lowest BCUT2D eigenvalue weighted by Crippen LogP contribution is -2.35. The molecule has 0 aliphatic carbocycles. The maximum atomic E-state index is 5.32. The second-order valence-corrected chi connectivity index (χ2v) is 5.45. The first-order valence-electron chi connectivity index (χ1n) is 6.56. The number of nitrogens with two attached hydrogens (primary N) is 1. The van der Waals surface area contributed by atoms with Gasteiger partial charge >= 0.3 is 0 Å². The number of nitrogens with zero attached hydrogens (tertiary/aromatic N) is 2. The van der Waals surface area contributed by atoms with E-state index in [0.717, 1.165) is 18.5 Å². The van der Waals surface area contributed by atoms with Crippen LogP contribution in [0.15, 0.2) is 23.3 Å². The number of hydrogen-bond donors (Lipinski definition) is 2. The predicted octanol–water partition coefficient (Wildman–Crippen LogP) is 2.01. The molecule has 102 valence electrons. The molecule has 0 spiro atoms. The van der Waals surface area contributed by atoms with Crippen LogP contribution in [0.25, 0.3) is 0 Å². The first-order chi connectivity index (χ1) is 9.08. The highest BCUT2D eigenvalue weighted by Crippen LogP contribution is 2.29. The van der Waals surface area contributed by atoms with E-state index >= 15 is 0 Å². The van der Waals surface area contributed by atoms with Crippen LogP contribution in [0.3, 0.4) is 0 Å². The zero-order chi connectivity index (χ0) is 13.8. The molecule has 1 aliphatic rings. The van der Waals surface area contributed by atoms with Crippen LogP contribution in [0.4, 0.5) is 5.69 Å². The van der Waals surface area contributed by atoms with Gasteiger partial charge in [-0.25, -0.2) is 0 Å². The largest absolute Gasteiger partial charge is 0.375 e. The van der Waals surface area contributed by atoms with Crippen molar-refractivity contribution in [3.05, 3.63) is 29.3 Å². The van der Waals surface area contributed by atoms with Crippen molar-refractivity contribution in [2.45, 2.75) is 32.7 Å². The van der Waals surface area contributed by atoms with Gasteiger partial charge in [0.2, 0.25) is 0 Å². The van der Waals surface area contributed by atoms with Gasteiger partial charge in [-0.1, -0.05) is 6.07 Å². The number of anilines is 1. The van der Waals surface area contributed by atoms with E-state index in [2.05, 4.69) is 47.5 Å². The molecule has 1 aromatic carbocycles. The molecule has 0 saturated heterocycles. The van der Waals surface area contributed by atoms with Crippen LogP contribution in [0, 0.1) is 0 Å². The Balaban J connectivity index is 2.19. The molecule has 0 unspecified atom stereocenters. The number of nitrogens with one attached hydrogen (secondary N) is 1. The van der Waals surface area contributed by atoms with E-state index in [1.807, 2.05) is 0 Å². The summed E-state index contributed by atoms with van der Waals surface area (Å²) in [5, 5.41) is 4.17. The summed E-state index contributed by atoms with van der Waals surface area (Å²) >= 11 is 4.70. The van der Waals surface area contributed by atoms with Crippen LogP contribution < -0.4 is 16.1 Å². The second-order valence-electron chi connectivity index (χ2n) is 5.01. The summed E-state index contributed by atoms with van der Waals surface area (Å²) in [4.78, 5) is 2.45. The van der Waals surface area contributed by atoms with Crippen LogP contribution in [-0.2, 0) is 6.42 Å². The van der Waals surface area contributed by atoms with Crippen molar-refractivity contribution in [1.82, 2.24) is 5.43 Å². The van der Waals surface area contributed by atoms with Gasteiger partial charge < -0.3 is 10.6 Å². The number of hydrazone groups is 1. The lowest BCUT2D eigenvalue weighted by molar-refractivity contribution is 0.625. The van der Waals surface area contributed by atoms with Crippen molar-refractivity contribution in [1.29, 1.82) is 0 Å². The van der Waals surface area contributed by atoms with E-state index in [4.69, 9.17) is 18.0 Å². The summed E-state index contributed by atoms with van der Waals surface area (Å²) in [6, 6.07) is 6.98. The van der Waals surface area contributed by atoms with E-state index in [-0.39, 0.29) is 5.11 Å². The standard InChI is InChI=1S/C14H20N4S/c1-10(2)18-7-3-4-12-8-11(5-6-13(12)18)9-16-17-14(15)19/h5-6,8-10H,3-4,7H2,1-2H3,(H3,15,17,19). The van der Waals surface area contributed by atoms with E-state index in [1.54, 1.807) is 6.21 Å². The summed E-state index contributed by atoms with van der Waals surface area (Å²) < 4.78 is 0. The van der Waals surface area contributed by atoms with Gasteiger partial charge in [0.1, 0.15) is 0 Å². The Hall–Kier alpha value is -1.62. The Bertz CT molecular complexity index is 496. The molecular weight excluding hydrogens is 256 g/mol. The highest BCUT2D eigenvalue weighted by molar-refractivity contribution is 7.80. The quantitative estimate of drug-likeness (QED) is 0.504. The fourth-order valence-electron chi connectivity index (χ4n) is 2.43. The van der Waals surface area contributed by atoms with Crippen LogP contribution in [0.1, 0.15) is 31.4 Å². The third kappa shape index (κ3) is 3.44.